The van der Waals surface area contributed by atoms with Crippen LogP contribution in [0.3, 0.4) is 0 Å². The molecule has 0 fully saturated rings. The number of hydrogen-bond donors (Lipinski definition) is 1. The average Bonchev–Trinajstić information content (AvgIpc) is 3.13. The third-order valence-electron chi connectivity index (χ3n) is 4.91. The standard InChI is InChI=1S/C21H20N4O2/c1-12(2)25(3)20-19(13-4-5-15-10-22-11-16(15)8-13)23-17-7-6-14(21(26)27)9-18(17)24-20/h4-10,12H,11H2,1-3H3,(H,26,27). The van der Waals surface area contributed by atoms with Gasteiger partial charge in [-0.25, -0.2) is 14.8 Å². The maximum absolute atomic E-state index is 11.3. The van der Waals surface area contributed by atoms with Gasteiger partial charge in [0.25, 0.3) is 0 Å². The van der Waals surface area contributed by atoms with E-state index in [4.69, 9.17) is 9.97 Å². The van der Waals surface area contributed by atoms with Crippen molar-refractivity contribution < 1.29 is 9.90 Å². The molecule has 1 N–H and O–H groups in total. The number of hydrogen-bond acceptors (Lipinski definition) is 5. The minimum atomic E-state index is -0.972. The first-order chi connectivity index (χ1) is 12.9. The minimum Gasteiger partial charge on any atom is -0.478 e. The highest BCUT2D eigenvalue weighted by Crippen LogP contribution is 2.32. The maximum atomic E-state index is 11.3. The number of rotatable bonds is 4. The molecule has 27 heavy (non-hydrogen) atoms. The predicted octanol–water partition coefficient (Wildman–Crippen LogP) is 3.77. The lowest BCUT2D eigenvalue weighted by Crippen LogP contribution is -2.27. The summed E-state index contributed by atoms with van der Waals surface area (Å²) < 4.78 is 0. The summed E-state index contributed by atoms with van der Waals surface area (Å²) in [7, 11) is 1.97. The number of anilines is 1. The largest absolute Gasteiger partial charge is 0.478 e. The molecule has 136 valence electrons. The first kappa shape index (κ1) is 17.1. The number of aromatic carboxylic acids is 1. The number of carboxylic acid groups (broad SMARTS) is 1. The molecule has 1 aliphatic heterocycles. The van der Waals surface area contributed by atoms with E-state index in [1.54, 1.807) is 18.2 Å². The summed E-state index contributed by atoms with van der Waals surface area (Å²) in [5.41, 5.74) is 5.54. The number of nitrogens with zero attached hydrogens (tertiary/aromatic N) is 4. The highest BCUT2D eigenvalue weighted by atomic mass is 16.4. The van der Waals surface area contributed by atoms with Crippen LogP contribution in [0.5, 0.6) is 0 Å². The number of fused-ring (bicyclic) bond motifs is 2. The van der Waals surface area contributed by atoms with E-state index in [0.717, 1.165) is 22.6 Å². The van der Waals surface area contributed by atoms with Crippen LogP contribution in [-0.2, 0) is 6.54 Å². The summed E-state index contributed by atoms with van der Waals surface area (Å²) in [4.78, 5) is 27.3. The summed E-state index contributed by atoms with van der Waals surface area (Å²) >= 11 is 0. The minimum absolute atomic E-state index is 0.206. The van der Waals surface area contributed by atoms with Crippen molar-refractivity contribution in [1.82, 2.24) is 9.97 Å². The fourth-order valence-electron chi connectivity index (χ4n) is 3.12. The highest BCUT2D eigenvalue weighted by molar-refractivity contribution is 5.94. The molecule has 6 heteroatoms. The van der Waals surface area contributed by atoms with Crippen molar-refractivity contribution in [3.63, 3.8) is 0 Å². The van der Waals surface area contributed by atoms with E-state index < -0.39 is 5.97 Å². The van der Waals surface area contributed by atoms with Crippen molar-refractivity contribution in [3.8, 4) is 11.3 Å². The lowest BCUT2D eigenvalue weighted by molar-refractivity contribution is 0.0697. The highest BCUT2D eigenvalue weighted by Gasteiger charge is 2.19. The molecule has 1 aromatic heterocycles. The molecular weight excluding hydrogens is 340 g/mol. The predicted molar refractivity (Wildman–Crippen MR) is 107 cm³/mol. The van der Waals surface area contributed by atoms with Crippen LogP contribution in [0.25, 0.3) is 22.3 Å². The molecule has 6 nitrogen and oxygen atoms in total. The summed E-state index contributed by atoms with van der Waals surface area (Å²) in [6.45, 7) is 4.85. The third kappa shape index (κ3) is 3.03. The van der Waals surface area contributed by atoms with E-state index in [9.17, 15) is 9.90 Å². The van der Waals surface area contributed by atoms with Gasteiger partial charge in [-0.2, -0.15) is 0 Å². The van der Waals surface area contributed by atoms with Crippen LogP contribution < -0.4 is 4.90 Å². The maximum Gasteiger partial charge on any atom is 0.335 e. The monoisotopic (exact) mass is 360 g/mol. The zero-order chi connectivity index (χ0) is 19.1. The molecular formula is C21H20N4O2. The third-order valence-corrected chi connectivity index (χ3v) is 4.91. The number of benzene rings is 2. The van der Waals surface area contributed by atoms with Gasteiger partial charge in [0, 0.05) is 24.9 Å². The Morgan fingerprint density at radius 2 is 1.93 bits per heavy atom. The van der Waals surface area contributed by atoms with Crippen LogP contribution >= 0.6 is 0 Å². The fraction of sp³-hybridized carbons (Fsp3) is 0.238. The van der Waals surface area contributed by atoms with Crippen molar-refractivity contribution >= 4 is 29.0 Å². The van der Waals surface area contributed by atoms with Crippen molar-refractivity contribution in [3.05, 3.63) is 53.1 Å². The zero-order valence-corrected chi connectivity index (χ0v) is 15.5. The number of aromatic nitrogens is 2. The Morgan fingerprint density at radius 1 is 1.11 bits per heavy atom. The van der Waals surface area contributed by atoms with Gasteiger partial charge in [0.15, 0.2) is 5.82 Å². The van der Waals surface area contributed by atoms with E-state index in [1.807, 2.05) is 19.3 Å². The van der Waals surface area contributed by atoms with E-state index in [2.05, 4.69) is 35.9 Å². The van der Waals surface area contributed by atoms with Crippen LogP contribution in [0.2, 0.25) is 0 Å². The molecule has 0 amide bonds. The Hall–Kier alpha value is -3.28. The molecule has 0 radical (unpaired) electrons. The SMILES string of the molecule is CC(C)N(C)c1nc2cc(C(=O)O)ccc2nc1-c1ccc2c(c1)CN=C2. The Bertz CT molecular complexity index is 1090. The topological polar surface area (TPSA) is 78.7 Å². The Balaban J connectivity index is 1.93. The van der Waals surface area contributed by atoms with Gasteiger partial charge < -0.3 is 10.0 Å². The fourth-order valence-corrected chi connectivity index (χ4v) is 3.12. The molecule has 0 aliphatic carbocycles. The van der Waals surface area contributed by atoms with Crippen molar-refractivity contribution in [2.45, 2.75) is 26.4 Å². The molecule has 0 unspecified atom stereocenters. The second-order valence-electron chi connectivity index (χ2n) is 6.99. The normalized spacial score (nSPS) is 12.6. The Morgan fingerprint density at radius 3 is 2.67 bits per heavy atom. The van der Waals surface area contributed by atoms with Gasteiger partial charge in [0.05, 0.1) is 23.1 Å². The first-order valence-corrected chi connectivity index (χ1v) is 8.85. The van der Waals surface area contributed by atoms with Gasteiger partial charge in [-0.3, -0.25) is 4.99 Å². The van der Waals surface area contributed by atoms with Crippen LogP contribution in [0, 0.1) is 0 Å². The zero-order valence-electron chi connectivity index (χ0n) is 15.5. The molecule has 1 aliphatic rings. The molecule has 2 aromatic carbocycles. The average molecular weight is 360 g/mol. The number of carbonyl (C=O) groups is 1. The lowest BCUT2D eigenvalue weighted by Gasteiger charge is -2.25. The van der Waals surface area contributed by atoms with E-state index >= 15 is 0 Å². The van der Waals surface area contributed by atoms with Gasteiger partial charge in [0.1, 0.15) is 5.69 Å². The Labute approximate surface area is 157 Å². The van der Waals surface area contributed by atoms with Crippen molar-refractivity contribution in [2.75, 3.05) is 11.9 Å². The molecule has 0 atom stereocenters. The quantitative estimate of drug-likeness (QED) is 0.766. The summed E-state index contributed by atoms with van der Waals surface area (Å²) in [5, 5.41) is 9.26. The van der Waals surface area contributed by atoms with Gasteiger partial charge in [-0.1, -0.05) is 12.1 Å². The first-order valence-electron chi connectivity index (χ1n) is 8.85. The van der Waals surface area contributed by atoms with Crippen molar-refractivity contribution in [1.29, 1.82) is 0 Å². The molecule has 0 spiro atoms. The van der Waals surface area contributed by atoms with Crippen LogP contribution in [0.1, 0.15) is 35.3 Å². The Kier molecular flexibility index (Phi) is 4.11. The van der Waals surface area contributed by atoms with E-state index in [1.165, 1.54) is 5.56 Å². The van der Waals surface area contributed by atoms with Crippen molar-refractivity contribution in [2.24, 2.45) is 4.99 Å². The summed E-state index contributed by atoms with van der Waals surface area (Å²) in [5.74, 6) is -0.237. The van der Waals surface area contributed by atoms with Gasteiger partial charge in [-0.15, -0.1) is 0 Å². The van der Waals surface area contributed by atoms with Crippen LogP contribution in [0.4, 0.5) is 5.82 Å². The van der Waals surface area contributed by atoms with Gasteiger partial charge in [-0.05, 0) is 49.2 Å². The second kappa shape index (κ2) is 6.46. The summed E-state index contributed by atoms with van der Waals surface area (Å²) in [6.07, 6.45) is 1.89. The number of carboxylic acids is 1. The molecule has 4 rings (SSSR count). The van der Waals surface area contributed by atoms with Crippen LogP contribution in [-0.4, -0.2) is 40.3 Å². The summed E-state index contributed by atoms with van der Waals surface area (Å²) in [6, 6.07) is 11.3. The van der Waals surface area contributed by atoms with Gasteiger partial charge in [0.2, 0.25) is 0 Å². The van der Waals surface area contributed by atoms with E-state index in [-0.39, 0.29) is 11.6 Å². The molecule has 0 saturated carbocycles. The van der Waals surface area contributed by atoms with E-state index in [0.29, 0.717) is 17.6 Å². The molecule has 2 heterocycles. The second-order valence-corrected chi connectivity index (χ2v) is 6.99. The molecule has 0 saturated heterocycles. The lowest BCUT2D eigenvalue weighted by atomic mass is 10.0. The smallest absolute Gasteiger partial charge is 0.335 e. The van der Waals surface area contributed by atoms with Crippen LogP contribution in [0.15, 0.2) is 41.4 Å². The van der Waals surface area contributed by atoms with Gasteiger partial charge >= 0.3 is 5.97 Å². The molecule has 3 aromatic rings. The number of aliphatic imine (C=N–C) groups is 1. The molecule has 0 bridgehead atoms.